The number of carbonyl (C=O) groups excluding carboxylic acids is 1. The van der Waals surface area contributed by atoms with Crippen molar-refractivity contribution in [3.8, 4) is 0 Å². The number of carbonyl (C=O) groups is 1. The Labute approximate surface area is 188 Å². The molecule has 0 amide bonds. The number of ketones is 1. The van der Waals surface area contributed by atoms with Crippen LogP contribution in [0.2, 0.25) is 10.0 Å². The maximum Gasteiger partial charge on any atom is 0.144 e. The molecule has 0 aromatic heterocycles. The Morgan fingerprint density at radius 2 is 2.03 bits per heavy atom. The van der Waals surface area contributed by atoms with E-state index in [1.165, 1.54) is 0 Å². The van der Waals surface area contributed by atoms with Crippen molar-refractivity contribution in [3.05, 3.63) is 57.6 Å². The summed E-state index contributed by atoms with van der Waals surface area (Å²) in [6, 6.07) is 11.5. The number of para-hydroxylation sites is 1. The average molecular weight is 444 g/mol. The van der Waals surface area contributed by atoms with Crippen molar-refractivity contribution < 1.29 is 4.79 Å². The normalized spacial score (nSPS) is 22.4. The Kier molecular flexibility index (Phi) is 5.93. The minimum Gasteiger partial charge on any atom is -0.379 e. The summed E-state index contributed by atoms with van der Waals surface area (Å²) in [4.78, 5) is 18.5. The van der Waals surface area contributed by atoms with E-state index >= 15 is 0 Å². The van der Waals surface area contributed by atoms with Crippen molar-refractivity contribution in [1.82, 2.24) is 5.32 Å². The van der Waals surface area contributed by atoms with Gasteiger partial charge in [-0.2, -0.15) is 0 Å². The summed E-state index contributed by atoms with van der Waals surface area (Å²) in [5.41, 5.74) is 4.38. The molecule has 2 unspecified atom stereocenters. The molecule has 0 saturated heterocycles. The molecule has 2 aromatic carbocycles. The number of nitrogens with zero attached hydrogens (tertiary/aromatic N) is 1. The van der Waals surface area contributed by atoms with Crippen LogP contribution in [0.3, 0.4) is 0 Å². The van der Waals surface area contributed by atoms with Crippen LogP contribution < -0.4 is 10.6 Å². The van der Waals surface area contributed by atoms with E-state index in [4.69, 9.17) is 28.2 Å². The summed E-state index contributed by atoms with van der Waals surface area (Å²) >= 11 is 12.7. The molecular formula is C24H27Cl2N3O. The predicted octanol–water partition coefficient (Wildman–Crippen LogP) is 6.02. The fourth-order valence-corrected chi connectivity index (χ4v) is 5.13. The van der Waals surface area contributed by atoms with Crippen molar-refractivity contribution in [2.24, 2.45) is 16.3 Å². The van der Waals surface area contributed by atoms with Gasteiger partial charge < -0.3 is 10.6 Å². The van der Waals surface area contributed by atoms with Crippen molar-refractivity contribution in [1.29, 1.82) is 0 Å². The molecule has 2 atom stereocenters. The molecule has 2 N–H and O–H groups in total. The first-order valence-corrected chi connectivity index (χ1v) is 11.2. The Morgan fingerprint density at radius 1 is 1.23 bits per heavy atom. The molecule has 1 aliphatic heterocycles. The molecule has 1 heterocycles. The molecular weight excluding hydrogens is 417 g/mol. The number of anilines is 1. The fourth-order valence-electron chi connectivity index (χ4n) is 4.63. The lowest BCUT2D eigenvalue weighted by Gasteiger charge is -2.40. The summed E-state index contributed by atoms with van der Waals surface area (Å²) in [6.45, 7) is 7.97. The van der Waals surface area contributed by atoms with Crippen LogP contribution >= 0.6 is 23.2 Å². The van der Waals surface area contributed by atoms with Gasteiger partial charge in [-0.05, 0) is 42.1 Å². The van der Waals surface area contributed by atoms with Crippen LogP contribution in [0, 0.1) is 11.3 Å². The van der Waals surface area contributed by atoms with Crippen molar-refractivity contribution in [2.45, 2.75) is 46.2 Å². The van der Waals surface area contributed by atoms with E-state index in [0.29, 0.717) is 23.0 Å². The minimum atomic E-state index is -0.351. The maximum atomic E-state index is 13.4. The van der Waals surface area contributed by atoms with Gasteiger partial charge in [0.15, 0.2) is 0 Å². The number of aliphatic imine (C=N–C) groups is 1. The van der Waals surface area contributed by atoms with E-state index in [2.05, 4.69) is 37.5 Å². The standard InChI is InChI=1S/C24H27Cl2N3O/c1-4-27-13-14-6-5-7-18-22(14)29-23(16-9-8-15(25)10-17(16)26)21-19(28-18)11-24(2,3)12-20(21)30/h5-10,19,21,27-28H,4,11-13H2,1-3H3. The van der Waals surface area contributed by atoms with Gasteiger partial charge in [0.1, 0.15) is 5.78 Å². The molecule has 158 valence electrons. The van der Waals surface area contributed by atoms with E-state index in [9.17, 15) is 4.79 Å². The maximum absolute atomic E-state index is 13.4. The van der Waals surface area contributed by atoms with Crippen LogP contribution in [0.4, 0.5) is 11.4 Å². The fraction of sp³-hybridized carbons (Fsp3) is 0.417. The van der Waals surface area contributed by atoms with E-state index in [0.717, 1.165) is 41.2 Å². The minimum absolute atomic E-state index is 0.0395. The first kappa shape index (κ1) is 21.4. The predicted molar refractivity (Wildman–Crippen MR) is 125 cm³/mol. The van der Waals surface area contributed by atoms with Gasteiger partial charge >= 0.3 is 0 Å². The van der Waals surface area contributed by atoms with Gasteiger partial charge in [-0.15, -0.1) is 0 Å². The third-order valence-electron chi connectivity index (χ3n) is 5.93. The molecule has 1 fully saturated rings. The Balaban J connectivity index is 1.92. The molecule has 2 aliphatic rings. The Hall–Kier alpha value is -1.88. The summed E-state index contributed by atoms with van der Waals surface area (Å²) < 4.78 is 0. The second kappa shape index (κ2) is 8.33. The van der Waals surface area contributed by atoms with Crippen LogP contribution in [0.15, 0.2) is 41.4 Å². The molecule has 4 nitrogen and oxygen atoms in total. The van der Waals surface area contributed by atoms with Crippen molar-refractivity contribution in [2.75, 3.05) is 11.9 Å². The molecule has 30 heavy (non-hydrogen) atoms. The van der Waals surface area contributed by atoms with Gasteiger partial charge in [-0.3, -0.25) is 4.79 Å². The smallest absolute Gasteiger partial charge is 0.144 e. The largest absolute Gasteiger partial charge is 0.379 e. The highest BCUT2D eigenvalue weighted by Crippen LogP contribution is 2.44. The molecule has 0 bridgehead atoms. The van der Waals surface area contributed by atoms with Gasteiger partial charge in [-0.1, -0.05) is 62.2 Å². The first-order valence-electron chi connectivity index (χ1n) is 10.4. The van der Waals surface area contributed by atoms with Gasteiger partial charge in [0.25, 0.3) is 0 Å². The molecule has 1 saturated carbocycles. The zero-order chi connectivity index (χ0) is 21.5. The molecule has 2 aromatic rings. The van der Waals surface area contributed by atoms with Crippen molar-refractivity contribution >= 4 is 46.1 Å². The first-order chi connectivity index (χ1) is 14.3. The van der Waals surface area contributed by atoms with Gasteiger partial charge in [0.2, 0.25) is 0 Å². The Bertz CT molecular complexity index is 1020. The van der Waals surface area contributed by atoms with Gasteiger partial charge in [-0.25, -0.2) is 4.99 Å². The lowest BCUT2D eigenvalue weighted by molar-refractivity contribution is -0.125. The van der Waals surface area contributed by atoms with Crippen LogP contribution in [0.1, 0.15) is 44.7 Å². The van der Waals surface area contributed by atoms with Crippen LogP contribution in [0.25, 0.3) is 0 Å². The number of rotatable bonds is 4. The molecule has 0 radical (unpaired) electrons. The van der Waals surface area contributed by atoms with Crippen LogP contribution in [-0.4, -0.2) is 24.1 Å². The number of halogens is 2. The number of fused-ring (bicyclic) bond motifs is 2. The van der Waals surface area contributed by atoms with E-state index < -0.39 is 0 Å². The SMILES string of the molecule is CCNCc1cccc2c1N=C(c1ccc(Cl)cc1Cl)C1C(=O)CC(C)(C)CC1N2. The highest BCUT2D eigenvalue weighted by Gasteiger charge is 2.45. The van der Waals surface area contributed by atoms with Gasteiger partial charge in [0.05, 0.1) is 28.0 Å². The monoisotopic (exact) mass is 443 g/mol. The topological polar surface area (TPSA) is 53.5 Å². The summed E-state index contributed by atoms with van der Waals surface area (Å²) in [7, 11) is 0. The van der Waals surface area contributed by atoms with E-state index in [-0.39, 0.29) is 23.2 Å². The number of nitrogens with one attached hydrogen (secondary N) is 2. The second-order valence-electron chi connectivity index (χ2n) is 8.95. The summed E-state index contributed by atoms with van der Waals surface area (Å²) in [6.07, 6.45) is 1.41. The van der Waals surface area contributed by atoms with E-state index in [1.54, 1.807) is 12.1 Å². The molecule has 1 aliphatic carbocycles. The van der Waals surface area contributed by atoms with Gasteiger partial charge in [0, 0.05) is 29.6 Å². The zero-order valence-corrected chi connectivity index (χ0v) is 19.1. The zero-order valence-electron chi connectivity index (χ0n) is 17.6. The third kappa shape index (κ3) is 4.14. The molecule has 0 spiro atoms. The summed E-state index contributed by atoms with van der Waals surface area (Å²) in [5, 5.41) is 8.13. The number of hydrogen-bond donors (Lipinski definition) is 2. The van der Waals surface area contributed by atoms with E-state index in [1.807, 2.05) is 18.2 Å². The number of Topliss-reactive ketones (excluding diaryl/α,β-unsaturated/α-hetero) is 1. The highest BCUT2D eigenvalue weighted by atomic mass is 35.5. The second-order valence-corrected chi connectivity index (χ2v) is 9.80. The number of benzene rings is 2. The number of hydrogen-bond acceptors (Lipinski definition) is 4. The summed E-state index contributed by atoms with van der Waals surface area (Å²) in [5.74, 6) is -0.148. The van der Waals surface area contributed by atoms with Crippen molar-refractivity contribution in [3.63, 3.8) is 0 Å². The average Bonchev–Trinajstić information content (AvgIpc) is 2.82. The molecule has 6 heteroatoms. The quantitative estimate of drug-likeness (QED) is 0.606. The van der Waals surface area contributed by atoms with Crippen LogP contribution in [0.5, 0.6) is 0 Å². The molecule has 4 rings (SSSR count). The van der Waals surface area contributed by atoms with Crippen LogP contribution in [-0.2, 0) is 11.3 Å². The lowest BCUT2D eigenvalue weighted by atomic mass is 9.67. The lowest BCUT2D eigenvalue weighted by Crippen LogP contribution is -2.48. The third-order valence-corrected chi connectivity index (χ3v) is 6.48. The Morgan fingerprint density at radius 3 is 2.77 bits per heavy atom. The highest BCUT2D eigenvalue weighted by molar-refractivity contribution is 6.37.